The lowest BCUT2D eigenvalue weighted by molar-refractivity contribution is -0.119. The van der Waals surface area contributed by atoms with Gasteiger partial charge < -0.3 is 0 Å². The molecule has 12 heavy (non-hydrogen) atoms. The van der Waals surface area contributed by atoms with Crippen LogP contribution in [0, 0.1) is 11.8 Å². The van der Waals surface area contributed by atoms with E-state index in [-0.39, 0.29) is 5.92 Å². The van der Waals surface area contributed by atoms with Crippen LogP contribution in [-0.2, 0) is 4.79 Å². The van der Waals surface area contributed by atoms with Crippen molar-refractivity contribution in [3.8, 4) is 0 Å². The Bertz CT molecular complexity index is 250. The zero-order valence-corrected chi connectivity index (χ0v) is 7.25. The van der Waals surface area contributed by atoms with E-state index in [2.05, 4.69) is 18.7 Å². The quantitative estimate of drug-likeness (QED) is 0.500. The third-order valence-corrected chi connectivity index (χ3v) is 3.01. The number of carbonyl (C=O) groups is 1. The van der Waals surface area contributed by atoms with Gasteiger partial charge in [-0.1, -0.05) is 24.3 Å². The Kier molecular flexibility index (Phi) is 1.87. The number of fused-ring (bicyclic) bond motifs is 1. The first-order valence-corrected chi connectivity index (χ1v) is 4.66. The van der Waals surface area contributed by atoms with Gasteiger partial charge >= 0.3 is 0 Å². The number of rotatable bonds is 0. The Morgan fingerprint density at radius 2 is 2.25 bits per heavy atom. The minimum atomic E-state index is 0.181. The van der Waals surface area contributed by atoms with Crippen LogP contribution in [0.3, 0.4) is 0 Å². The molecule has 0 spiro atoms. The molecule has 0 N–H and O–H groups in total. The first-order chi connectivity index (χ1) is 5.79. The molecule has 2 atom stereocenters. The Hall–Kier alpha value is -0.850. The summed E-state index contributed by atoms with van der Waals surface area (Å²) in [5, 5.41) is 0. The van der Waals surface area contributed by atoms with E-state index in [1.807, 2.05) is 0 Å². The van der Waals surface area contributed by atoms with E-state index in [1.165, 1.54) is 5.57 Å². The molecule has 0 aromatic carbocycles. The number of allylic oxidation sites excluding steroid dienone is 3. The van der Waals surface area contributed by atoms with Gasteiger partial charge in [-0.25, -0.2) is 0 Å². The normalized spacial score (nSPS) is 35.0. The van der Waals surface area contributed by atoms with Crippen LogP contribution in [0.2, 0.25) is 0 Å². The van der Waals surface area contributed by atoms with Crippen molar-refractivity contribution in [2.75, 3.05) is 0 Å². The lowest BCUT2D eigenvalue weighted by atomic mass is 9.89. The Morgan fingerprint density at radius 1 is 1.42 bits per heavy atom. The lowest BCUT2D eigenvalue weighted by Gasteiger charge is -2.14. The molecule has 0 heterocycles. The maximum atomic E-state index is 11.4. The highest BCUT2D eigenvalue weighted by Gasteiger charge is 2.34. The summed E-state index contributed by atoms with van der Waals surface area (Å²) in [5.74, 6) is 1.07. The maximum Gasteiger partial charge on any atom is 0.140 e. The molecule has 0 aromatic heterocycles. The second kappa shape index (κ2) is 2.89. The summed E-state index contributed by atoms with van der Waals surface area (Å²) in [6.07, 6.45) is 8.17. The van der Waals surface area contributed by atoms with Crippen LogP contribution in [0.25, 0.3) is 0 Å². The van der Waals surface area contributed by atoms with E-state index < -0.39 is 0 Å². The molecule has 0 unspecified atom stereocenters. The predicted molar refractivity (Wildman–Crippen MR) is 48.7 cm³/mol. The molecular weight excluding hydrogens is 148 g/mol. The molecular formula is C11H14O. The summed E-state index contributed by atoms with van der Waals surface area (Å²) < 4.78 is 0. The topological polar surface area (TPSA) is 17.1 Å². The summed E-state index contributed by atoms with van der Waals surface area (Å²) in [6.45, 7) is 4.06. The molecule has 0 saturated heterocycles. The van der Waals surface area contributed by atoms with Gasteiger partial charge in [0.25, 0.3) is 0 Å². The summed E-state index contributed by atoms with van der Waals surface area (Å²) in [6, 6.07) is 0. The third kappa shape index (κ3) is 1.13. The van der Waals surface area contributed by atoms with Crippen LogP contribution in [0.1, 0.15) is 25.7 Å². The minimum Gasteiger partial charge on any atom is -0.299 e. The summed E-state index contributed by atoms with van der Waals surface area (Å²) in [5.41, 5.74) is 1.29. The summed E-state index contributed by atoms with van der Waals surface area (Å²) in [4.78, 5) is 11.4. The van der Waals surface area contributed by atoms with E-state index in [1.54, 1.807) is 0 Å². The first-order valence-electron chi connectivity index (χ1n) is 4.66. The largest absolute Gasteiger partial charge is 0.299 e. The number of hydrogen-bond donors (Lipinski definition) is 0. The van der Waals surface area contributed by atoms with Crippen LogP contribution in [0.5, 0.6) is 0 Å². The summed E-state index contributed by atoms with van der Waals surface area (Å²) >= 11 is 0. The van der Waals surface area contributed by atoms with Crippen LogP contribution >= 0.6 is 0 Å². The fourth-order valence-electron chi connectivity index (χ4n) is 2.26. The molecule has 1 nitrogen and oxygen atoms in total. The first kappa shape index (κ1) is 7.78. The van der Waals surface area contributed by atoms with E-state index >= 15 is 0 Å². The smallest absolute Gasteiger partial charge is 0.140 e. The Labute approximate surface area is 73.2 Å². The van der Waals surface area contributed by atoms with Crippen molar-refractivity contribution in [3.05, 3.63) is 24.3 Å². The molecule has 0 amide bonds. The lowest BCUT2D eigenvalue weighted by Crippen LogP contribution is -2.12. The van der Waals surface area contributed by atoms with E-state index in [0.29, 0.717) is 11.7 Å². The number of carbonyl (C=O) groups excluding carboxylic acids is 1. The fourth-order valence-corrected chi connectivity index (χ4v) is 2.26. The summed E-state index contributed by atoms with van der Waals surface area (Å²) in [7, 11) is 0. The number of ketones is 1. The molecule has 0 aliphatic heterocycles. The standard InChI is InChI=1S/C11H14O/c1-8-4-2-3-5-10-9(8)6-7-11(10)12/h3,5,9-10H,1-2,4,6-7H2/t9-,10-/m0/s1. The van der Waals surface area contributed by atoms with Gasteiger partial charge in [0.1, 0.15) is 5.78 Å². The van der Waals surface area contributed by atoms with Gasteiger partial charge in [-0.2, -0.15) is 0 Å². The van der Waals surface area contributed by atoms with Gasteiger partial charge in [-0.05, 0) is 25.2 Å². The van der Waals surface area contributed by atoms with Crippen LogP contribution < -0.4 is 0 Å². The highest BCUT2D eigenvalue weighted by Crippen LogP contribution is 2.38. The average molecular weight is 162 g/mol. The molecule has 2 rings (SSSR count). The fraction of sp³-hybridized carbons (Fsp3) is 0.545. The van der Waals surface area contributed by atoms with Gasteiger partial charge in [0.05, 0.1) is 0 Å². The van der Waals surface area contributed by atoms with Crippen molar-refractivity contribution in [3.63, 3.8) is 0 Å². The van der Waals surface area contributed by atoms with Crippen LogP contribution in [-0.4, -0.2) is 5.78 Å². The molecule has 0 aromatic rings. The zero-order chi connectivity index (χ0) is 8.55. The van der Waals surface area contributed by atoms with E-state index in [9.17, 15) is 4.79 Å². The predicted octanol–water partition coefficient (Wildman–Crippen LogP) is 2.49. The Morgan fingerprint density at radius 3 is 3.08 bits per heavy atom. The van der Waals surface area contributed by atoms with Gasteiger partial charge in [0.2, 0.25) is 0 Å². The van der Waals surface area contributed by atoms with Crippen molar-refractivity contribution in [1.82, 2.24) is 0 Å². The third-order valence-electron chi connectivity index (χ3n) is 3.01. The van der Waals surface area contributed by atoms with Crippen molar-refractivity contribution in [1.29, 1.82) is 0 Å². The van der Waals surface area contributed by atoms with Crippen molar-refractivity contribution < 1.29 is 4.79 Å². The molecule has 2 aliphatic carbocycles. The van der Waals surface area contributed by atoms with Gasteiger partial charge in [0, 0.05) is 12.3 Å². The van der Waals surface area contributed by atoms with Gasteiger partial charge in [-0.3, -0.25) is 4.79 Å². The average Bonchev–Trinajstić information content (AvgIpc) is 2.30. The highest BCUT2D eigenvalue weighted by molar-refractivity contribution is 5.85. The molecule has 2 aliphatic rings. The van der Waals surface area contributed by atoms with Gasteiger partial charge in [-0.15, -0.1) is 0 Å². The highest BCUT2D eigenvalue weighted by atomic mass is 16.1. The zero-order valence-electron chi connectivity index (χ0n) is 7.25. The second-order valence-electron chi connectivity index (χ2n) is 3.76. The molecule has 0 bridgehead atoms. The van der Waals surface area contributed by atoms with Crippen LogP contribution in [0.4, 0.5) is 0 Å². The second-order valence-corrected chi connectivity index (χ2v) is 3.76. The molecule has 0 radical (unpaired) electrons. The van der Waals surface area contributed by atoms with E-state index in [4.69, 9.17) is 0 Å². The Balaban J connectivity index is 2.26. The molecule has 1 fully saturated rings. The maximum absolute atomic E-state index is 11.4. The van der Waals surface area contributed by atoms with Crippen LogP contribution in [0.15, 0.2) is 24.3 Å². The minimum absolute atomic E-state index is 0.181. The molecule has 1 saturated carbocycles. The molecule has 1 heteroatoms. The number of Topliss-reactive ketones (excluding diaryl/α,β-unsaturated/α-hetero) is 1. The monoisotopic (exact) mass is 162 g/mol. The van der Waals surface area contributed by atoms with Crippen molar-refractivity contribution in [2.45, 2.75) is 25.7 Å². The van der Waals surface area contributed by atoms with Gasteiger partial charge in [0.15, 0.2) is 0 Å². The van der Waals surface area contributed by atoms with Crippen molar-refractivity contribution >= 4 is 5.78 Å². The number of hydrogen-bond acceptors (Lipinski definition) is 1. The van der Waals surface area contributed by atoms with E-state index in [0.717, 1.165) is 25.7 Å². The SMILES string of the molecule is C=C1CCC=C[C@@H]2C(=O)CC[C@@H]12. The molecule has 64 valence electrons. The van der Waals surface area contributed by atoms with Crippen molar-refractivity contribution in [2.24, 2.45) is 11.8 Å².